The summed E-state index contributed by atoms with van der Waals surface area (Å²) in [5.74, 6) is 1.42. The molecule has 0 radical (unpaired) electrons. The highest BCUT2D eigenvalue weighted by Crippen LogP contribution is 2.30. The number of aromatic amines is 1. The lowest BCUT2D eigenvalue weighted by Crippen LogP contribution is -2.30. The summed E-state index contributed by atoms with van der Waals surface area (Å²) < 4.78 is 5.79. The van der Waals surface area contributed by atoms with Crippen molar-refractivity contribution in [1.82, 2.24) is 15.2 Å². The van der Waals surface area contributed by atoms with Crippen LogP contribution in [-0.2, 0) is 16.9 Å². The predicted octanol–water partition coefficient (Wildman–Crippen LogP) is 1.32. The summed E-state index contributed by atoms with van der Waals surface area (Å²) >= 11 is 0. The molecule has 0 aliphatic rings. The third-order valence-electron chi connectivity index (χ3n) is 2.70. The first kappa shape index (κ1) is 12.1. The van der Waals surface area contributed by atoms with Crippen LogP contribution in [0.25, 0.3) is 0 Å². The van der Waals surface area contributed by atoms with E-state index >= 15 is 0 Å². The van der Waals surface area contributed by atoms with E-state index in [-0.39, 0.29) is 5.60 Å². The molecule has 0 fully saturated rings. The zero-order valence-corrected chi connectivity index (χ0v) is 9.71. The molecule has 0 unspecified atom stereocenters. The summed E-state index contributed by atoms with van der Waals surface area (Å²) in [6, 6.07) is 0. The molecule has 0 bridgehead atoms. The zero-order valence-electron chi connectivity index (χ0n) is 9.71. The number of rotatable bonds is 6. The van der Waals surface area contributed by atoms with Crippen molar-refractivity contribution >= 4 is 0 Å². The number of nitrogens with one attached hydrogen (secondary N) is 1. The molecular formula is C10H20N4O. The topological polar surface area (TPSA) is 76.8 Å². The van der Waals surface area contributed by atoms with Gasteiger partial charge in [-0.1, -0.05) is 13.8 Å². The van der Waals surface area contributed by atoms with Crippen LogP contribution in [0.5, 0.6) is 0 Å². The predicted molar refractivity (Wildman–Crippen MR) is 58.2 cm³/mol. The zero-order chi connectivity index (χ0) is 11.3. The summed E-state index contributed by atoms with van der Waals surface area (Å²) in [5.41, 5.74) is 5.13. The van der Waals surface area contributed by atoms with E-state index in [0.29, 0.717) is 19.0 Å². The summed E-state index contributed by atoms with van der Waals surface area (Å²) in [6.07, 6.45) is 1.72. The van der Waals surface area contributed by atoms with Gasteiger partial charge in [0.25, 0.3) is 0 Å². The number of nitrogens with zero attached hydrogens (tertiary/aromatic N) is 2. The van der Waals surface area contributed by atoms with Gasteiger partial charge < -0.3 is 10.5 Å². The van der Waals surface area contributed by atoms with Crippen molar-refractivity contribution < 1.29 is 4.74 Å². The highest BCUT2D eigenvalue weighted by Gasteiger charge is 2.33. The highest BCUT2D eigenvalue weighted by molar-refractivity contribution is 5.02. The third kappa shape index (κ3) is 2.35. The van der Waals surface area contributed by atoms with Crippen molar-refractivity contribution in [3.8, 4) is 0 Å². The Balaban J connectivity index is 2.96. The van der Waals surface area contributed by atoms with Crippen LogP contribution in [-0.4, -0.2) is 21.8 Å². The number of hydrogen-bond acceptors (Lipinski definition) is 4. The van der Waals surface area contributed by atoms with E-state index in [1.165, 1.54) is 0 Å². The molecule has 5 heteroatoms. The van der Waals surface area contributed by atoms with Crippen LogP contribution in [0.2, 0.25) is 0 Å². The summed E-state index contributed by atoms with van der Waals surface area (Å²) in [7, 11) is 0. The molecular weight excluding hydrogens is 192 g/mol. The van der Waals surface area contributed by atoms with Crippen LogP contribution in [0, 0.1) is 0 Å². The van der Waals surface area contributed by atoms with E-state index in [2.05, 4.69) is 29.0 Å². The first-order valence-corrected chi connectivity index (χ1v) is 5.48. The Morgan fingerprint density at radius 2 is 2.00 bits per heavy atom. The quantitative estimate of drug-likeness (QED) is 0.745. The van der Waals surface area contributed by atoms with Gasteiger partial charge >= 0.3 is 0 Å². The van der Waals surface area contributed by atoms with Gasteiger partial charge in [0.15, 0.2) is 5.82 Å². The van der Waals surface area contributed by atoms with Gasteiger partial charge in [0.2, 0.25) is 0 Å². The molecule has 0 atom stereocenters. The number of hydrogen-bond donors (Lipinski definition) is 2. The van der Waals surface area contributed by atoms with Gasteiger partial charge in [0, 0.05) is 6.61 Å². The Morgan fingerprint density at radius 1 is 1.33 bits per heavy atom. The van der Waals surface area contributed by atoms with Crippen molar-refractivity contribution in [2.75, 3.05) is 6.61 Å². The summed E-state index contributed by atoms with van der Waals surface area (Å²) in [5, 5.41) is 7.00. The van der Waals surface area contributed by atoms with Crippen molar-refractivity contribution in [2.24, 2.45) is 5.73 Å². The van der Waals surface area contributed by atoms with E-state index in [1.807, 2.05) is 6.92 Å². The van der Waals surface area contributed by atoms with Crippen LogP contribution in [0.1, 0.15) is 45.3 Å². The normalized spacial score (nSPS) is 12.0. The number of H-pyrrole nitrogens is 1. The van der Waals surface area contributed by atoms with E-state index in [1.54, 1.807) is 0 Å². The van der Waals surface area contributed by atoms with E-state index < -0.39 is 0 Å². The van der Waals surface area contributed by atoms with Crippen LogP contribution in [0.15, 0.2) is 0 Å². The maximum Gasteiger partial charge on any atom is 0.182 e. The first-order chi connectivity index (χ1) is 7.22. The lowest BCUT2D eigenvalue weighted by molar-refractivity contribution is -0.0569. The highest BCUT2D eigenvalue weighted by atomic mass is 16.5. The van der Waals surface area contributed by atoms with Crippen molar-refractivity contribution in [1.29, 1.82) is 0 Å². The van der Waals surface area contributed by atoms with Crippen LogP contribution in [0.3, 0.4) is 0 Å². The van der Waals surface area contributed by atoms with Gasteiger partial charge in [-0.05, 0) is 19.8 Å². The van der Waals surface area contributed by atoms with Gasteiger partial charge in [0.1, 0.15) is 11.4 Å². The van der Waals surface area contributed by atoms with Gasteiger partial charge in [-0.25, -0.2) is 4.98 Å². The van der Waals surface area contributed by atoms with Gasteiger partial charge in [0.05, 0.1) is 6.54 Å². The maximum absolute atomic E-state index is 5.79. The van der Waals surface area contributed by atoms with Gasteiger partial charge in [-0.2, -0.15) is 5.10 Å². The molecule has 3 N–H and O–H groups in total. The second-order valence-electron chi connectivity index (χ2n) is 3.44. The SMILES string of the molecule is CCOC(CC)(CC)c1n[nH]c(CN)n1. The minimum Gasteiger partial charge on any atom is -0.367 e. The fourth-order valence-corrected chi connectivity index (χ4v) is 1.70. The molecule has 0 aliphatic heterocycles. The van der Waals surface area contributed by atoms with Crippen LogP contribution in [0.4, 0.5) is 0 Å². The summed E-state index contributed by atoms with van der Waals surface area (Å²) in [4.78, 5) is 4.34. The van der Waals surface area contributed by atoms with Gasteiger partial charge in [-0.15, -0.1) is 0 Å². The Labute approximate surface area is 90.4 Å². The lowest BCUT2D eigenvalue weighted by atomic mass is 9.96. The molecule has 1 aromatic heterocycles. The number of nitrogens with two attached hydrogens (primary N) is 1. The maximum atomic E-state index is 5.79. The minimum atomic E-state index is -0.362. The van der Waals surface area contributed by atoms with Gasteiger partial charge in [-0.3, -0.25) is 5.10 Å². The fourth-order valence-electron chi connectivity index (χ4n) is 1.70. The number of aromatic nitrogens is 3. The van der Waals surface area contributed by atoms with E-state index in [0.717, 1.165) is 18.7 Å². The Kier molecular flexibility index (Phi) is 4.23. The fraction of sp³-hybridized carbons (Fsp3) is 0.800. The molecule has 0 spiro atoms. The smallest absolute Gasteiger partial charge is 0.182 e. The van der Waals surface area contributed by atoms with Crippen molar-refractivity contribution in [3.63, 3.8) is 0 Å². The molecule has 15 heavy (non-hydrogen) atoms. The average Bonchev–Trinajstić information content (AvgIpc) is 2.75. The molecule has 5 nitrogen and oxygen atoms in total. The van der Waals surface area contributed by atoms with Crippen molar-refractivity contribution in [2.45, 2.75) is 45.8 Å². The largest absolute Gasteiger partial charge is 0.367 e. The number of ether oxygens (including phenoxy) is 1. The summed E-state index contributed by atoms with van der Waals surface area (Å²) in [6.45, 7) is 7.18. The molecule has 1 heterocycles. The molecule has 0 saturated heterocycles. The Hall–Kier alpha value is -0.940. The third-order valence-corrected chi connectivity index (χ3v) is 2.70. The second-order valence-corrected chi connectivity index (χ2v) is 3.44. The molecule has 0 aliphatic carbocycles. The standard InChI is InChI=1S/C10H20N4O/c1-4-10(5-2,15-6-3)9-12-8(7-11)13-14-9/h4-7,11H2,1-3H3,(H,12,13,14). The molecule has 0 saturated carbocycles. The molecule has 1 rings (SSSR count). The first-order valence-electron chi connectivity index (χ1n) is 5.48. The van der Waals surface area contributed by atoms with E-state index in [4.69, 9.17) is 10.5 Å². The van der Waals surface area contributed by atoms with E-state index in [9.17, 15) is 0 Å². The van der Waals surface area contributed by atoms with Crippen molar-refractivity contribution in [3.05, 3.63) is 11.6 Å². The minimum absolute atomic E-state index is 0.362. The van der Waals surface area contributed by atoms with Crippen LogP contribution < -0.4 is 5.73 Å². The van der Waals surface area contributed by atoms with Crippen LogP contribution >= 0.6 is 0 Å². The molecule has 0 aromatic carbocycles. The Bertz CT molecular complexity index is 293. The Morgan fingerprint density at radius 3 is 2.40 bits per heavy atom. The molecule has 1 aromatic rings. The average molecular weight is 212 g/mol. The second kappa shape index (κ2) is 5.23. The molecule has 0 amide bonds. The lowest BCUT2D eigenvalue weighted by Gasteiger charge is -2.28. The monoisotopic (exact) mass is 212 g/mol. The molecule has 86 valence electrons.